The van der Waals surface area contributed by atoms with Crippen LogP contribution < -0.4 is 10.1 Å². The number of rotatable bonds is 5. The number of carbonyl (C=O) groups is 1. The number of carbonyl (C=O) groups excluding carboxylic acids is 1. The predicted molar refractivity (Wildman–Crippen MR) is 125 cm³/mol. The van der Waals surface area contributed by atoms with E-state index in [0.717, 1.165) is 28.0 Å². The van der Waals surface area contributed by atoms with Crippen molar-refractivity contribution in [1.29, 1.82) is 0 Å². The molecule has 0 saturated heterocycles. The third kappa shape index (κ3) is 3.82. The lowest BCUT2D eigenvalue weighted by molar-refractivity contribution is 0.102. The second-order valence-electron chi connectivity index (χ2n) is 7.60. The number of amides is 1. The van der Waals surface area contributed by atoms with Crippen molar-refractivity contribution in [2.45, 2.75) is 6.92 Å². The maximum atomic E-state index is 13.4. The molecule has 8 nitrogen and oxygen atoms in total. The minimum absolute atomic E-state index is 0.235. The highest BCUT2D eigenvalue weighted by Gasteiger charge is 2.19. The lowest BCUT2D eigenvalue weighted by Crippen LogP contribution is -2.13. The summed E-state index contributed by atoms with van der Waals surface area (Å²) in [5.41, 5.74) is 5.00. The van der Waals surface area contributed by atoms with Gasteiger partial charge in [0.1, 0.15) is 5.75 Å². The van der Waals surface area contributed by atoms with Crippen molar-refractivity contribution in [3.8, 4) is 28.3 Å². The van der Waals surface area contributed by atoms with Crippen LogP contribution in [-0.4, -0.2) is 32.9 Å². The van der Waals surface area contributed by atoms with Crippen LogP contribution in [0.15, 0.2) is 71.4 Å². The Morgan fingerprint density at radius 2 is 1.76 bits per heavy atom. The molecule has 0 fully saturated rings. The first-order valence-electron chi connectivity index (χ1n) is 10.3. The number of methoxy groups -OCH3 is 1. The number of nitrogens with one attached hydrogen (secondary N) is 1. The van der Waals surface area contributed by atoms with Gasteiger partial charge >= 0.3 is 0 Å². The van der Waals surface area contributed by atoms with Crippen molar-refractivity contribution >= 4 is 22.6 Å². The summed E-state index contributed by atoms with van der Waals surface area (Å²) < 4.78 is 12.1. The SMILES string of the molecule is COc1ccc(-c2cc(C(=O)Nc3ccc(-c4ccno4)cc3)c3c(C)nn(C)c3n2)cc1. The van der Waals surface area contributed by atoms with E-state index >= 15 is 0 Å². The van der Waals surface area contributed by atoms with Crippen LogP contribution in [0.4, 0.5) is 5.69 Å². The number of benzene rings is 2. The molecule has 0 spiro atoms. The average Bonchev–Trinajstić information content (AvgIpc) is 3.47. The molecule has 5 aromatic rings. The fourth-order valence-corrected chi connectivity index (χ4v) is 3.81. The molecule has 0 aliphatic carbocycles. The number of aryl methyl sites for hydroxylation is 2. The topological polar surface area (TPSA) is 95.1 Å². The van der Waals surface area contributed by atoms with E-state index in [1.807, 2.05) is 62.5 Å². The van der Waals surface area contributed by atoms with Gasteiger partial charge in [-0.15, -0.1) is 0 Å². The highest BCUT2D eigenvalue weighted by molar-refractivity contribution is 6.13. The molecule has 8 heteroatoms. The van der Waals surface area contributed by atoms with E-state index in [1.54, 1.807) is 30.1 Å². The lowest BCUT2D eigenvalue weighted by atomic mass is 10.0. The van der Waals surface area contributed by atoms with Gasteiger partial charge in [0.2, 0.25) is 0 Å². The van der Waals surface area contributed by atoms with Gasteiger partial charge in [0.15, 0.2) is 11.4 Å². The van der Waals surface area contributed by atoms with Gasteiger partial charge in [-0.25, -0.2) is 4.98 Å². The van der Waals surface area contributed by atoms with Crippen LogP contribution in [0.2, 0.25) is 0 Å². The lowest BCUT2D eigenvalue weighted by Gasteiger charge is -2.10. The van der Waals surface area contributed by atoms with E-state index < -0.39 is 0 Å². The molecular formula is C25H21N5O3. The first-order valence-corrected chi connectivity index (χ1v) is 10.3. The third-order valence-corrected chi connectivity index (χ3v) is 5.46. The molecule has 0 bridgehead atoms. The Morgan fingerprint density at radius 1 is 1.03 bits per heavy atom. The summed E-state index contributed by atoms with van der Waals surface area (Å²) in [6.07, 6.45) is 1.59. The summed E-state index contributed by atoms with van der Waals surface area (Å²) in [7, 11) is 3.45. The van der Waals surface area contributed by atoms with E-state index in [4.69, 9.17) is 14.2 Å². The summed E-state index contributed by atoms with van der Waals surface area (Å²) in [6, 6.07) is 18.6. The number of hydrogen-bond donors (Lipinski definition) is 1. The van der Waals surface area contributed by atoms with E-state index in [1.165, 1.54) is 0 Å². The normalized spacial score (nSPS) is 11.0. The van der Waals surface area contributed by atoms with E-state index in [9.17, 15) is 4.79 Å². The molecule has 33 heavy (non-hydrogen) atoms. The van der Waals surface area contributed by atoms with Crippen LogP contribution >= 0.6 is 0 Å². The van der Waals surface area contributed by atoms with Crippen LogP contribution in [0.5, 0.6) is 5.75 Å². The molecule has 5 rings (SSSR count). The Morgan fingerprint density at radius 3 is 2.42 bits per heavy atom. The van der Waals surface area contributed by atoms with Crippen molar-refractivity contribution in [3.63, 3.8) is 0 Å². The molecule has 0 aliphatic rings. The fourth-order valence-electron chi connectivity index (χ4n) is 3.81. The third-order valence-electron chi connectivity index (χ3n) is 5.46. The number of nitrogens with zero attached hydrogens (tertiary/aromatic N) is 4. The smallest absolute Gasteiger partial charge is 0.256 e. The number of anilines is 1. The van der Waals surface area contributed by atoms with E-state index in [0.29, 0.717) is 28.4 Å². The predicted octanol–water partition coefficient (Wildman–Crippen LogP) is 4.86. The van der Waals surface area contributed by atoms with Gasteiger partial charge in [0.05, 0.1) is 35.6 Å². The summed E-state index contributed by atoms with van der Waals surface area (Å²) in [5.74, 6) is 1.18. The molecule has 0 atom stereocenters. The Balaban J connectivity index is 1.52. The standard InChI is InChI=1S/C25H21N5O3/c1-15-23-20(25(31)27-18-8-4-17(5-9-18)22-12-13-26-33-22)14-21(28-24(23)30(2)29-15)16-6-10-19(32-3)11-7-16/h4-14H,1-3H3,(H,27,31). The van der Waals surface area contributed by atoms with Gasteiger partial charge in [-0.05, 0) is 61.5 Å². The minimum atomic E-state index is -0.235. The molecule has 2 aromatic carbocycles. The van der Waals surface area contributed by atoms with Gasteiger partial charge < -0.3 is 14.6 Å². The van der Waals surface area contributed by atoms with Gasteiger partial charge in [-0.3, -0.25) is 9.48 Å². The Kier molecular flexibility index (Phi) is 5.10. The second-order valence-corrected chi connectivity index (χ2v) is 7.60. The maximum Gasteiger partial charge on any atom is 0.256 e. The Hall–Kier alpha value is -4.46. The zero-order chi connectivity index (χ0) is 22.9. The van der Waals surface area contributed by atoms with Crippen LogP contribution in [0.1, 0.15) is 16.1 Å². The first-order chi connectivity index (χ1) is 16.0. The van der Waals surface area contributed by atoms with Crippen molar-refractivity contribution < 1.29 is 14.1 Å². The van der Waals surface area contributed by atoms with Gasteiger partial charge in [0, 0.05) is 29.9 Å². The van der Waals surface area contributed by atoms with Crippen LogP contribution in [0.3, 0.4) is 0 Å². The van der Waals surface area contributed by atoms with Crippen LogP contribution in [-0.2, 0) is 7.05 Å². The highest BCUT2D eigenvalue weighted by Crippen LogP contribution is 2.29. The minimum Gasteiger partial charge on any atom is -0.497 e. The average molecular weight is 439 g/mol. The molecule has 0 saturated carbocycles. The Labute approximate surface area is 189 Å². The number of ether oxygens (including phenoxy) is 1. The van der Waals surface area contributed by atoms with E-state index in [-0.39, 0.29) is 5.91 Å². The van der Waals surface area contributed by atoms with Gasteiger partial charge in [0.25, 0.3) is 5.91 Å². The quantitative estimate of drug-likeness (QED) is 0.420. The van der Waals surface area contributed by atoms with Crippen molar-refractivity contribution in [2.75, 3.05) is 12.4 Å². The second kappa shape index (κ2) is 8.23. The van der Waals surface area contributed by atoms with Crippen LogP contribution in [0, 0.1) is 6.92 Å². The summed E-state index contributed by atoms with van der Waals surface area (Å²) in [5, 5.41) is 11.9. The number of pyridine rings is 1. The molecule has 3 heterocycles. The largest absolute Gasteiger partial charge is 0.497 e. The monoisotopic (exact) mass is 439 g/mol. The molecule has 1 N–H and O–H groups in total. The molecule has 1 amide bonds. The molecule has 0 unspecified atom stereocenters. The van der Waals surface area contributed by atoms with Gasteiger partial charge in [-0.2, -0.15) is 5.10 Å². The maximum absolute atomic E-state index is 13.4. The Bertz CT molecular complexity index is 1440. The van der Waals surface area contributed by atoms with E-state index in [2.05, 4.69) is 15.6 Å². The molecule has 0 radical (unpaired) electrons. The van der Waals surface area contributed by atoms with Crippen molar-refractivity contribution in [3.05, 3.63) is 78.1 Å². The zero-order valence-electron chi connectivity index (χ0n) is 18.4. The highest BCUT2D eigenvalue weighted by atomic mass is 16.5. The fraction of sp³-hybridized carbons (Fsp3) is 0.120. The molecule has 164 valence electrons. The zero-order valence-corrected chi connectivity index (χ0v) is 18.4. The summed E-state index contributed by atoms with van der Waals surface area (Å²) in [4.78, 5) is 18.1. The van der Waals surface area contributed by atoms with Gasteiger partial charge in [-0.1, -0.05) is 5.16 Å². The molecule has 3 aromatic heterocycles. The first kappa shape index (κ1) is 20.4. The molecular weight excluding hydrogens is 418 g/mol. The van der Waals surface area contributed by atoms with Crippen molar-refractivity contribution in [2.24, 2.45) is 7.05 Å². The molecule has 0 aliphatic heterocycles. The van der Waals surface area contributed by atoms with Crippen molar-refractivity contribution in [1.82, 2.24) is 19.9 Å². The number of aromatic nitrogens is 4. The van der Waals surface area contributed by atoms with Crippen LogP contribution in [0.25, 0.3) is 33.6 Å². The summed E-state index contributed by atoms with van der Waals surface area (Å²) in [6.45, 7) is 1.88. The number of hydrogen-bond acceptors (Lipinski definition) is 6. The summed E-state index contributed by atoms with van der Waals surface area (Å²) >= 11 is 0. The number of fused-ring (bicyclic) bond motifs is 1.